The molecule has 2 N–H and O–H groups in total. The first-order chi connectivity index (χ1) is 14.1. The molecule has 0 amide bonds. The predicted octanol–water partition coefficient (Wildman–Crippen LogP) is 7.28. The number of hydrogen-bond acceptors (Lipinski definition) is 3. The Hall–Kier alpha value is -3.41. The molecule has 6 heteroatoms. The maximum absolute atomic E-state index is 13.2. The molecule has 0 bridgehead atoms. The number of rotatable bonds is 8. The Morgan fingerprint density at radius 2 is 1.77 bits per heavy atom. The first kappa shape index (κ1) is 22.9. The van der Waals surface area contributed by atoms with Crippen LogP contribution in [0.2, 0.25) is 0 Å². The number of benzene rings is 2. The lowest BCUT2D eigenvalue weighted by Gasteiger charge is -2.26. The molecule has 0 aromatic heterocycles. The SMILES string of the molecule is C=C/C=C(\C(=C)O)C(=C)Nc1ccc(N(CC)c2cc(C(F)(F)F)ccc2C)cc1. The summed E-state index contributed by atoms with van der Waals surface area (Å²) in [6.07, 6.45) is -1.30. The van der Waals surface area contributed by atoms with Gasteiger partial charge in [0.25, 0.3) is 0 Å². The number of hydrogen-bond donors (Lipinski definition) is 2. The largest absolute Gasteiger partial charge is 0.508 e. The quantitative estimate of drug-likeness (QED) is 0.352. The minimum atomic E-state index is -4.40. The van der Waals surface area contributed by atoms with E-state index in [4.69, 9.17) is 0 Å². The molecule has 0 heterocycles. The molecule has 2 aromatic rings. The van der Waals surface area contributed by atoms with Gasteiger partial charge in [-0.1, -0.05) is 31.9 Å². The lowest BCUT2D eigenvalue weighted by Crippen LogP contribution is -2.18. The third-order valence-corrected chi connectivity index (χ3v) is 4.54. The molecule has 0 aliphatic heterocycles. The molecule has 158 valence electrons. The van der Waals surface area contributed by atoms with Crippen LogP contribution in [0.1, 0.15) is 18.1 Å². The normalized spacial score (nSPS) is 11.7. The summed E-state index contributed by atoms with van der Waals surface area (Å²) in [5.41, 5.74) is 2.90. The van der Waals surface area contributed by atoms with Gasteiger partial charge in [0.2, 0.25) is 0 Å². The van der Waals surface area contributed by atoms with Crippen LogP contribution in [-0.2, 0) is 6.18 Å². The maximum Gasteiger partial charge on any atom is 0.416 e. The van der Waals surface area contributed by atoms with Gasteiger partial charge in [0, 0.05) is 34.9 Å². The van der Waals surface area contributed by atoms with Crippen molar-refractivity contribution in [3.63, 3.8) is 0 Å². The second-order valence-corrected chi connectivity index (χ2v) is 6.66. The Bertz CT molecular complexity index is 973. The zero-order valence-corrected chi connectivity index (χ0v) is 17.1. The van der Waals surface area contributed by atoms with E-state index >= 15 is 0 Å². The van der Waals surface area contributed by atoms with E-state index in [0.29, 0.717) is 29.2 Å². The number of alkyl halides is 3. The summed E-state index contributed by atoms with van der Waals surface area (Å²) in [7, 11) is 0. The molecular weight excluding hydrogens is 389 g/mol. The van der Waals surface area contributed by atoms with E-state index in [9.17, 15) is 18.3 Å². The van der Waals surface area contributed by atoms with Crippen LogP contribution in [-0.4, -0.2) is 11.7 Å². The Kier molecular flexibility index (Phi) is 7.16. The molecule has 3 nitrogen and oxygen atoms in total. The van der Waals surface area contributed by atoms with E-state index in [0.717, 1.165) is 17.3 Å². The van der Waals surface area contributed by atoms with Crippen molar-refractivity contribution in [2.24, 2.45) is 0 Å². The van der Waals surface area contributed by atoms with Crippen LogP contribution < -0.4 is 10.2 Å². The van der Waals surface area contributed by atoms with Gasteiger partial charge in [0.1, 0.15) is 5.76 Å². The van der Waals surface area contributed by atoms with Crippen molar-refractivity contribution in [3.8, 4) is 0 Å². The molecule has 0 saturated carbocycles. The van der Waals surface area contributed by atoms with Crippen LogP contribution in [0.15, 0.2) is 91.4 Å². The molecule has 0 aliphatic carbocycles. The van der Waals surface area contributed by atoms with Crippen molar-refractivity contribution in [1.29, 1.82) is 0 Å². The van der Waals surface area contributed by atoms with E-state index in [1.165, 1.54) is 18.2 Å². The summed E-state index contributed by atoms with van der Waals surface area (Å²) < 4.78 is 39.5. The fourth-order valence-electron chi connectivity index (χ4n) is 3.02. The van der Waals surface area contributed by atoms with Crippen LogP contribution in [0.25, 0.3) is 0 Å². The van der Waals surface area contributed by atoms with Gasteiger partial charge in [-0.2, -0.15) is 13.2 Å². The molecule has 0 atom stereocenters. The molecule has 0 spiro atoms. The third kappa shape index (κ3) is 5.35. The number of allylic oxidation sites excluding steroid dienone is 2. The zero-order chi connectivity index (χ0) is 22.5. The van der Waals surface area contributed by atoms with Crippen LogP contribution in [0, 0.1) is 6.92 Å². The second kappa shape index (κ2) is 9.39. The lowest BCUT2D eigenvalue weighted by molar-refractivity contribution is -0.137. The van der Waals surface area contributed by atoms with E-state index < -0.39 is 11.7 Å². The topological polar surface area (TPSA) is 35.5 Å². The van der Waals surface area contributed by atoms with Crippen LogP contribution in [0.4, 0.5) is 30.2 Å². The van der Waals surface area contributed by atoms with Gasteiger partial charge < -0.3 is 15.3 Å². The fraction of sp³-hybridized carbons (Fsp3) is 0.167. The third-order valence-electron chi connectivity index (χ3n) is 4.54. The second-order valence-electron chi connectivity index (χ2n) is 6.66. The number of nitrogens with one attached hydrogen (secondary N) is 1. The van der Waals surface area contributed by atoms with Crippen LogP contribution >= 0.6 is 0 Å². The maximum atomic E-state index is 13.2. The van der Waals surface area contributed by atoms with Gasteiger partial charge in [-0.15, -0.1) is 0 Å². The van der Waals surface area contributed by atoms with E-state index in [2.05, 4.69) is 25.1 Å². The molecule has 30 heavy (non-hydrogen) atoms. The van der Waals surface area contributed by atoms with Crippen LogP contribution in [0.3, 0.4) is 0 Å². The van der Waals surface area contributed by atoms with Crippen molar-refractivity contribution in [2.45, 2.75) is 20.0 Å². The molecule has 2 rings (SSSR count). The minimum absolute atomic E-state index is 0.138. The highest BCUT2D eigenvalue weighted by Crippen LogP contribution is 2.36. The van der Waals surface area contributed by atoms with Crippen molar-refractivity contribution >= 4 is 17.1 Å². The summed E-state index contributed by atoms with van der Waals surface area (Å²) >= 11 is 0. The molecular formula is C24H25F3N2O. The Balaban J connectivity index is 2.30. The number of aryl methyl sites for hydroxylation is 1. The molecule has 0 unspecified atom stereocenters. The van der Waals surface area contributed by atoms with Gasteiger partial charge in [-0.25, -0.2) is 0 Å². The first-order valence-electron chi connectivity index (χ1n) is 9.31. The smallest absolute Gasteiger partial charge is 0.416 e. The summed E-state index contributed by atoms with van der Waals surface area (Å²) in [5, 5.41) is 12.7. The minimum Gasteiger partial charge on any atom is -0.508 e. The van der Waals surface area contributed by atoms with E-state index in [1.54, 1.807) is 25.1 Å². The molecule has 0 aliphatic rings. The van der Waals surface area contributed by atoms with E-state index in [1.807, 2.05) is 24.0 Å². The number of aliphatic hydroxyl groups is 1. The number of halogens is 3. The van der Waals surface area contributed by atoms with Crippen molar-refractivity contribution in [2.75, 3.05) is 16.8 Å². The summed E-state index contributed by atoms with van der Waals surface area (Å²) in [5.74, 6) is -0.138. The van der Waals surface area contributed by atoms with Gasteiger partial charge in [0.15, 0.2) is 0 Å². The van der Waals surface area contributed by atoms with Crippen LogP contribution in [0.5, 0.6) is 0 Å². The number of nitrogens with zero attached hydrogens (tertiary/aromatic N) is 1. The highest BCUT2D eigenvalue weighted by molar-refractivity contribution is 5.69. The zero-order valence-electron chi connectivity index (χ0n) is 17.1. The Morgan fingerprint density at radius 1 is 1.13 bits per heavy atom. The summed E-state index contributed by atoms with van der Waals surface area (Å²) in [6, 6.07) is 10.9. The predicted molar refractivity (Wildman–Crippen MR) is 118 cm³/mol. The average molecular weight is 414 g/mol. The van der Waals surface area contributed by atoms with Gasteiger partial charge >= 0.3 is 6.18 Å². The monoisotopic (exact) mass is 414 g/mol. The highest BCUT2D eigenvalue weighted by Gasteiger charge is 2.31. The Morgan fingerprint density at radius 3 is 2.27 bits per heavy atom. The van der Waals surface area contributed by atoms with Crippen molar-refractivity contribution in [3.05, 3.63) is 103 Å². The number of anilines is 3. The molecule has 0 radical (unpaired) electrons. The van der Waals surface area contributed by atoms with E-state index in [-0.39, 0.29) is 5.76 Å². The Labute approximate surface area is 175 Å². The molecule has 2 aromatic carbocycles. The standard InChI is InChI=1S/C24H25F3N2O/c1-6-8-22(18(5)30)17(4)28-20-11-13-21(14-12-20)29(7-2)23-15-19(24(25,26)27)10-9-16(23)3/h6,8-15,28,30H,1,4-5,7H2,2-3H3/b22-8-. The summed E-state index contributed by atoms with van der Waals surface area (Å²) in [6.45, 7) is 15.2. The average Bonchev–Trinajstić information content (AvgIpc) is 2.68. The van der Waals surface area contributed by atoms with Gasteiger partial charge in [-0.05, 0) is 61.9 Å². The summed E-state index contributed by atoms with van der Waals surface area (Å²) in [4.78, 5) is 1.82. The van der Waals surface area contributed by atoms with Crippen molar-refractivity contribution in [1.82, 2.24) is 0 Å². The van der Waals surface area contributed by atoms with Gasteiger partial charge in [-0.3, -0.25) is 0 Å². The van der Waals surface area contributed by atoms with Gasteiger partial charge in [0.05, 0.1) is 5.56 Å². The highest BCUT2D eigenvalue weighted by atomic mass is 19.4. The first-order valence-corrected chi connectivity index (χ1v) is 9.31. The number of aliphatic hydroxyl groups excluding tert-OH is 1. The molecule has 0 saturated heterocycles. The fourth-order valence-corrected chi connectivity index (χ4v) is 3.02. The lowest BCUT2D eigenvalue weighted by atomic mass is 10.1. The van der Waals surface area contributed by atoms with Crippen molar-refractivity contribution < 1.29 is 18.3 Å². The molecule has 0 fully saturated rings.